The van der Waals surface area contributed by atoms with E-state index in [0.29, 0.717) is 37.4 Å². The molecule has 0 aliphatic carbocycles. The minimum Gasteiger partial charge on any atom is -0.355 e. The van der Waals surface area contributed by atoms with E-state index in [1.54, 1.807) is 41.1 Å². The first kappa shape index (κ1) is 19.4. The second-order valence-electron chi connectivity index (χ2n) is 6.09. The summed E-state index contributed by atoms with van der Waals surface area (Å²) in [4.78, 5) is 50.3. The van der Waals surface area contributed by atoms with Gasteiger partial charge in [-0.25, -0.2) is 0 Å². The van der Waals surface area contributed by atoms with Gasteiger partial charge in [-0.3, -0.25) is 19.2 Å². The zero-order chi connectivity index (χ0) is 19.1. The summed E-state index contributed by atoms with van der Waals surface area (Å²) in [5.74, 6) is -0.524. The molecule has 2 rings (SSSR count). The lowest BCUT2D eigenvalue weighted by atomic mass is 10.2. The van der Waals surface area contributed by atoms with Gasteiger partial charge in [-0.05, 0) is 24.3 Å². The van der Waals surface area contributed by atoms with Crippen LogP contribution < -0.4 is 10.6 Å². The molecular weight excluding hydrogens is 336 g/mol. The third kappa shape index (κ3) is 5.30. The summed E-state index contributed by atoms with van der Waals surface area (Å²) in [5, 5.41) is 5.24. The minimum absolute atomic E-state index is 0.0129. The van der Waals surface area contributed by atoms with Crippen LogP contribution in [0.15, 0.2) is 24.3 Å². The van der Waals surface area contributed by atoms with Crippen molar-refractivity contribution in [3.8, 4) is 0 Å². The van der Waals surface area contributed by atoms with Gasteiger partial charge in [-0.1, -0.05) is 0 Å². The van der Waals surface area contributed by atoms with Crippen molar-refractivity contribution in [1.82, 2.24) is 15.1 Å². The number of benzene rings is 1. The van der Waals surface area contributed by atoms with E-state index >= 15 is 0 Å². The number of nitrogens with zero attached hydrogens (tertiary/aromatic N) is 2. The highest BCUT2D eigenvalue weighted by molar-refractivity contribution is 5.96. The second kappa shape index (κ2) is 8.98. The first-order valence-corrected chi connectivity index (χ1v) is 8.56. The standard InChI is InChI=1S/C18H24N4O4/c1-13(23)21-9-11-22(12-10-21)17(25)8-7-16(24)20-15-5-3-14(4-6-15)18(26)19-2/h3-6H,7-12H2,1-2H3,(H,19,26)(H,20,24). The Labute approximate surface area is 152 Å². The van der Waals surface area contributed by atoms with E-state index in [4.69, 9.17) is 0 Å². The molecule has 8 heteroatoms. The summed E-state index contributed by atoms with van der Waals surface area (Å²) in [6.45, 7) is 3.58. The van der Waals surface area contributed by atoms with Crippen LogP contribution in [0.1, 0.15) is 30.1 Å². The van der Waals surface area contributed by atoms with Crippen molar-refractivity contribution in [1.29, 1.82) is 0 Å². The monoisotopic (exact) mass is 360 g/mol. The summed E-state index contributed by atoms with van der Waals surface area (Å²) in [7, 11) is 1.55. The second-order valence-corrected chi connectivity index (χ2v) is 6.09. The first-order valence-electron chi connectivity index (χ1n) is 8.56. The Kier molecular flexibility index (Phi) is 6.71. The molecule has 1 aliphatic heterocycles. The quantitative estimate of drug-likeness (QED) is 0.797. The predicted molar refractivity (Wildman–Crippen MR) is 96.5 cm³/mol. The van der Waals surface area contributed by atoms with Gasteiger partial charge in [0, 0.05) is 64.2 Å². The average molecular weight is 360 g/mol. The number of hydrogen-bond acceptors (Lipinski definition) is 4. The van der Waals surface area contributed by atoms with Crippen LogP contribution in [0, 0.1) is 0 Å². The normalized spacial score (nSPS) is 13.9. The smallest absolute Gasteiger partial charge is 0.251 e. The van der Waals surface area contributed by atoms with E-state index < -0.39 is 0 Å². The van der Waals surface area contributed by atoms with Crippen LogP contribution >= 0.6 is 0 Å². The molecule has 140 valence electrons. The van der Waals surface area contributed by atoms with Crippen molar-refractivity contribution in [2.75, 3.05) is 38.5 Å². The van der Waals surface area contributed by atoms with Crippen molar-refractivity contribution >= 4 is 29.3 Å². The van der Waals surface area contributed by atoms with Gasteiger partial charge in [0.1, 0.15) is 0 Å². The molecule has 0 saturated carbocycles. The van der Waals surface area contributed by atoms with Crippen molar-refractivity contribution in [2.24, 2.45) is 0 Å². The molecule has 1 saturated heterocycles. The number of piperazine rings is 1. The highest BCUT2D eigenvalue weighted by Gasteiger charge is 2.22. The molecule has 1 aromatic rings. The van der Waals surface area contributed by atoms with Gasteiger partial charge < -0.3 is 20.4 Å². The number of anilines is 1. The summed E-state index contributed by atoms with van der Waals surface area (Å²) in [6.07, 6.45) is 0.213. The molecule has 0 aromatic heterocycles. The Morgan fingerprint density at radius 2 is 1.50 bits per heavy atom. The lowest BCUT2D eigenvalue weighted by Gasteiger charge is -2.34. The van der Waals surface area contributed by atoms with Crippen LogP contribution in [-0.4, -0.2) is 66.7 Å². The van der Waals surface area contributed by atoms with Gasteiger partial charge >= 0.3 is 0 Å². The van der Waals surface area contributed by atoms with Gasteiger partial charge in [0.2, 0.25) is 17.7 Å². The molecule has 1 aliphatic rings. The van der Waals surface area contributed by atoms with E-state index in [1.807, 2.05) is 0 Å². The molecule has 4 amide bonds. The summed E-state index contributed by atoms with van der Waals surface area (Å²) in [5.41, 5.74) is 1.08. The maximum atomic E-state index is 12.2. The van der Waals surface area contributed by atoms with Gasteiger partial charge in [0.05, 0.1) is 0 Å². The summed E-state index contributed by atoms with van der Waals surface area (Å²) in [6, 6.07) is 6.53. The van der Waals surface area contributed by atoms with E-state index in [-0.39, 0.29) is 36.5 Å². The van der Waals surface area contributed by atoms with Crippen LogP contribution in [0.3, 0.4) is 0 Å². The average Bonchev–Trinajstić information content (AvgIpc) is 2.66. The first-order chi connectivity index (χ1) is 12.4. The molecule has 0 spiro atoms. The third-order valence-electron chi connectivity index (χ3n) is 4.30. The van der Waals surface area contributed by atoms with Gasteiger partial charge in [-0.15, -0.1) is 0 Å². The molecule has 8 nitrogen and oxygen atoms in total. The Morgan fingerprint density at radius 1 is 0.923 bits per heavy atom. The molecule has 1 aromatic carbocycles. The Balaban J connectivity index is 1.75. The predicted octanol–water partition coefficient (Wildman–Crippen LogP) is 0.456. The number of hydrogen-bond donors (Lipinski definition) is 2. The van der Waals surface area contributed by atoms with Crippen LogP contribution in [0.2, 0.25) is 0 Å². The molecule has 1 fully saturated rings. The molecule has 0 bridgehead atoms. The van der Waals surface area contributed by atoms with Crippen LogP contribution in [-0.2, 0) is 14.4 Å². The lowest BCUT2D eigenvalue weighted by molar-refractivity contribution is -0.138. The zero-order valence-electron chi connectivity index (χ0n) is 15.1. The largest absolute Gasteiger partial charge is 0.355 e. The maximum absolute atomic E-state index is 12.2. The Morgan fingerprint density at radius 3 is 2.04 bits per heavy atom. The fraction of sp³-hybridized carbons (Fsp3) is 0.444. The Hall–Kier alpha value is -2.90. The Bertz CT molecular complexity index is 679. The molecule has 26 heavy (non-hydrogen) atoms. The van der Waals surface area contributed by atoms with Crippen molar-refractivity contribution in [2.45, 2.75) is 19.8 Å². The van der Waals surface area contributed by atoms with Crippen molar-refractivity contribution in [3.05, 3.63) is 29.8 Å². The van der Waals surface area contributed by atoms with Gasteiger partial charge in [0.15, 0.2) is 0 Å². The maximum Gasteiger partial charge on any atom is 0.251 e. The van der Waals surface area contributed by atoms with E-state index in [1.165, 1.54) is 6.92 Å². The summed E-state index contributed by atoms with van der Waals surface area (Å²) >= 11 is 0. The highest BCUT2D eigenvalue weighted by Crippen LogP contribution is 2.11. The van der Waals surface area contributed by atoms with E-state index in [2.05, 4.69) is 10.6 Å². The van der Waals surface area contributed by atoms with E-state index in [0.717, 1.165) is 0 Å². The number of rotatable bonds is 5. The van der Waals surface area contributed by atoms with Crippen LogP contribution in [0.25, 0.3) is 0 Å². The zero-order valence-corrected chi connectivity index (χ0v) is 15.1. The fourth-order valence-corrected chi connectivity index (χ4v) is 2.72. The van der Waals surface area contributed by atoms with E-state index in [9.17, 15) is 19.2 Å². The lowest BCUT2D eigenvalue weighted by Crippen LogP contribution is -2.50. The van der Waals surface area contributed by atoms with Crippen molar-refractivity contribution in [3.63, 3.8) is 0 Å². The molecular formula is C18H24N4O4. The van der Waals surface area contributed by atoms with Crippen LogP contribution in [0.4, 0.5) is 5.69 Å². The van der Waals surface area contributed by atoms with Gasteiger partial charge in [0.25, 0.3) is 5.91 Å². The van der Waals surface area contributed by atoms with Crippen LogP contribution in [0.5, 0.6) is 0 Å². The number of nitrogens with one attached hydrogen (secondary N) is 2. The molecule has 2 N–H and O–H groups in total. The minimum atomic E-state index is -0.256. The highest BCUT2D eigenvalue weighted by atomic mass is 16.2. The third-order valence-corrected chi connectivity index (χ3v) is 4.30. The number of carbonyl (C=O) groups excluding carboxylic acids is 4. The fourth-order valence-electron chi connectivity index (χ4n) is 2.72. The SMILES string of the molecule is CNC(=O)c1ccc(NC(=O)CCC(=O)N2CCN(C(C)=O)CC2)cc1. The van der Waals surface area contributed by atoms with Crippen molar-refractivity contribution < 1.29 is 19.2 Å². The van der Waals surface area contributed by atoms with Gasteiger partial charge in [-0.2, -0.15) is 0 Å². The molecule has 0 unspecified atom stereocenters. The topological polar surface area (TPSA) is 98.8 Å². The summed E-state index contributed by atoms with van der Waals surface area (Å²) < 4.78 is 0. The molecule has 0 atom stereocenters. The molecule has 1 heterocycles. The molecule has 0 radical (unpaired) electrons. The number of carbonyl (C=O) groups is 4. The number of amides is 4.